The molecule has 1 aromatic carbocycles. The first-order valence-electron chi connectivity index (χ1n) is 10.9. The molecule has 170 valence electrons. The lowest BCUT2D eigenvalue weighted by atomic mass is 10.0. The molecule has 31 heavy (non-hydrogen) atoms. The van der Waals surface area contributed by atoms with Gasteiger partial charge in [0.2, 0.25) is 0 Å². The molecule has 0 aliphatic heterocycles. The number of thiazole rings is 1. The number of rotatable bonds is 13. The van der Waals surface area contributed by atoms with Gasteiger partial charge in [0.05, 0.1) is 5.69 Å². The molecule has 0 radical (unpaired) electrons. The monoisotopic (exact) mass is 447 g/mol. The van der Waals surface area contributed by atoms with Crippen LogP contribution in [0.1, 0.15) is 51.5 Å². The number of aliphatic carboxylic acids is 1. The number of anilines is 1. The average molecular weight is 448 g/mol. The van der Waals surface area contributed by atoms with E-state index in [0.717, 1.165) is 29.7 Å². The second-order valence-corrected chi connectivity index (χ2v) is 8.24. The second-order valence-electron chi connectivity index (χ2n) is 7.40. The summed E-state index contributed by atoms with van der Waals surface area (Å²) in [6, 6.07) is 7.45. The minimum absolute atomic E-state index is 0.151. The maximum absolute atomic E-state index is 12.4. The predicted molar refractivity (Wildman–Crippen MR) is 125 cm³/mol. The van der Waals surface area contributed by atoms with Crippen molar-refractivity contribution in [1.82, 2.24) is 10.3 Å². The number of aromatic nitrogens is 1. The van der Waals surface area contributed by atoms with Crippen LogP contribution in [0.15, 0.2) is 29.6 Å². The summed E-state index contributed by atoms with van der Waals surface area (Å²) in [5.41, 5.74) is 2.58. The number of carbonyl (C=O) groups excluding carboxylic acids is 1. The highest BCUT2D eigenvalue weighted by Crippen LogP contribution is 2.27. The second kappa shape index (κ2) is 13.1. The number of hydrogen-bond donors (Lipinski definition) is 2. The van der Waals surface area contributed by atoms with Crippen molar-refractivity contribution >= 4 is 28.5 Å². The number of urea groups is 1. The van der Waals surface area contributed by atoms with Gasteiger partial charge in [-0.05, 0) is 18.9 Å². The molecule has 8 heteroatoms. The molecule has 0 aliphatic carbocycles. The van der Waals surface area contributed by atoms with Gasteiger partial charge in [0.25, 0.3) is 0 Å². The van der Waals surface area contributed by atoms with E-state index >= 15 is 0 Å². The van der Waals surface area contributed by atoms with Gasteiger partial charge in [0.15, 0.2) is 11.2 Å². The molecular weight excluding hydrogens is 414 g/mol. The molecule has 7 nitrogen and oxygen atoms in total. The van der Waals surface area contributed by atoms with Crippen molar-refractivity contribution in [2.24, 2.45) is 0 Å². The Kier molecular flexibility index (Phi) is 10.5. The first-order chi connectivity index (χ1) is 15.0. The van der Waals surface area contributed by atoms with Crippen LogP contribution in [0.3, 0.4) is 0 Å². The summed E-state index contributed by atoms with van der Waals surface area (Å²) >= 11 is 1.41. The van der Waals surface area contributed by atoms with Crippen LogP contribution in [0.2, 0.25) is 0 Å². The highest BCUT2D eigenvalue weighted by atomic mass is 32.1. The van der Waals surface area contributed by atoms with E-state index in [4.69, 9.17) is 4.74 Å². The molecule has 1 aromatic heterocycles. The van der Waals surface area contributed by atoms with E-state index in [0.29, 0.717) is 24.7 Å². The minimum atomic E-state index is -0.961. The van der Waals surface area contributed by atoms with E-state index in [2.05, 4.69) is 17.2 Å². The molecular formula is C23H33N3O4S. The van der Waals surface area contributed by atoms with Gasteiger partial charge in [-0.3, -0.25) is 4.90 Å². The Balaban J connectivity index is 1.91. The van der Waals surface area contributed by atoms with E-state index in [1.54, 1.807) is 14.0 Å². The zero-order valence-electron chi connectivity index (χ0n) is 18.6. The summed E-state index contributed by atoms with van der Waals surface area (Å²) < 4.78 is 5.27. The van der Waals surface area contributed by atoms with Gasteiger partial charge in [0, 0.05) is 37.6 Å². The Labute approximate surface area is 188 Å². The van der Waals surface area contributed by atoms with E-state index in [-0.39, 0.29) is 6.03 Å². The highest BCUT2D eigenvalue weighted by molar-refractivity contribution is 7.14. The van der Waals surface area contributed by atoms with Crippen LogP contribution in [-0.2, 0) is 16.0 Å². The van der Waals surface area contributed by atoms with Crippen LogP contribution in [0.25, 0.3) is 11.3 Å². The Morgan fingerprint density at radius 1 is 1.16 bits per heavy atom. The summed E-state index contributed by atoms with van der Waals surface area (Å²) in [7, 11) is 1.72. The molecule has 2 aromatic rings. The Morgan fingerprint density at radius 2 is 1.87 bits per heavy atom. The molecule has 1 unspecified atom stereocenters. The number of benzene rings is 1. The number of carbonyl (C=O) groups is 2. The number of unbranched alkanes of at least 4 members (excludes halogenated alkanes) is 4. The molecule has 0 saturated heterocycles. The lowest BCUT2D eigenvalue weighted by Gasteiger charge is -2.14. The number of hydrogen-bond acceptors (Lipinski definition) is 5. The van der Waals surface area contributed by atoms with Gasteiger partial charge >= 0.3 is 12.0 Å². The Hall–Kier alpha value is -2.45. The molecule has 0 aliphatic rings. The normalized spacial score (nSPS) is 11.8. The predicted octanol–water partition coefficient (Wildman–Crippen LogP) is 4.96. The van der Waals surface area contributed by atoms with E-state index < -0.39 is 12.1 Å². The van der Waals surface area contributed by atoms with Crippen molar-refractivity contribution in [3.63, 3.8) is 0 Å². The number of carboxylic acids is 1. The third kappa shape index (κ3) is 7.95. The minimum Gasteiger partial charge on any atom is -0.479 e. The molecule has 1 heterocycles. The first kappa shape index (κ1) is 24.8. The number of carboxylic acid groups (broad SMARTS) is 1. The van der Waals surface area contributed by atoms with Crippen LogP contribution in [0, 0.1) is 0 Å². The quantitative estimate of drug-likeness (QED) is 0.424. The smallest absolute Gasteiger partial charge is 0.333 e. The van der Waals surface area contributed by atoms with Gasteiger partial charge in [-0.1, -0.05) is 56.9 Å². The number of nitrogens with zero attached hydrogens (tertiary/aromatic N) is 2. The first-order valence-corrected chi connectivity index (χ1v) is 11.7. The molecule has 0 saturated carbocycles. The van der Waals surface area contributed by atoms with Crippen LogP contribution < -0.4 is 10.2 Å². The molecule has 2 N–H and O–H groups in total. The maximum Gasteiger partial charge on any atom is 0.333 e. The topological polar surface area (TPSA) is 91.8 Å². The summed E-state index contributed by atoms with van der Waals surface area (Å²) in [6.45, 7) is 5.00. The third-order valence-electron chi connectivity index (χ3n) is 4.95. The third-order valence-corrected chi connectivity index (χ3v) is 5.87. The molecule has 0 spiro atoms. The fourth-order valence-electron chi connectivity index (χ4n) is 3.12. The van der Waals surface area contributed by atoms with Gasteiger partial charge < -0.3 is 15.2 Å². The zero-order chi connectivity index (χ0) is 22.6. The summed E-state index contributed by atoms with van der Waals surface area (Å²) in [6.07, 6.45) is 5.24. The van der Waals surface area contributed by atoms with Gasteiger partial charge in [0.1, 0.15) is 0 Å². The highest BCUT2D eigenvalue weighted by Gasteiger charge is 2.18. The summed E-state index contributed by atoms with van der Waals surface area (Å²) in [5, 5.41) is 14.7. The molecule has 2 amide bonds. The van der Waals surface area contributed by atoms with Crippen LogP contribution in [0.5, 0.6) is 0 Å². The Bertz CT molecular complexity index is 822. The van der Waals surface area contributed by atoms with Crippen molar-refractivity contribution < 1.29 is 19.4 Å². The molecule has 1 atom stereocenters. The van der Waals surface area contributed by atoms with Gasteiger partial charge in [-0.15, -0.1) is 11.3 Å². The lowest BCUT2D eigenvalue weighted by molar-refractivity contribution is -0.149. The maximum atomic E-state index is 12.4. The Morgan fingerprint density at radius 3 is 2.52 bits per heavy atom. The van der Waals surface area contributed by atoms with Crippen molar-refractivity contribution in [3.8, 4) is 11.3 Å². The van der Waals surface area contributed by atoms with Gasteiger partial charge in [-0.2, -0.15) is 0 Å². The van der Waals surface area contributed by atoms with Crippen LogP contribution in [0.4, 0.5) is 9.93 Å². The average Bonchev–Trinajstić information content (AvgIpc) is 3.25. The van der Waals surface area contributed by atoms with Gasteiger partial charge in [-0.25, -0.2) is 14.6 Å². The van der Waals surface area contributed by atoms with E-state index in [1.165, 1.54) is 35.5 Å². The largest absolute Gasteiger partial charge is 0.479 e. The van der Waals surface area contributed by atoms with Crippen molar-refractivity contribution in [1.29, 1.82) is 0 Å². The zero-order valence-corrected chi connectivity index (χ0v) is 19.4. The standard InChI is InChI=1S/C23H33N3O4S/c1-4-6-7-8-9-14-24-22(29)26(3)23-25-19(16-31-23)18-12-10-17(11-13-18)15-20(21(27)28)30-5-2/h10-13,16,20H,4-9,14-15H2,1-3H3,(H,24,29)(H,27,28). The SMILES string of the molecule is CCCCCCCNC(=O)N(C)c1nc(-c2ccc(CC(OCC)C(=O)O)cc2)cs1. The summed E-state index contributed by atoms with van der Waals surface area (Å²) in [4.78, 5) is 29.7. The lowest BCUT2D eigenvalue weighted by Crippen LogP contribution is -2.37. The molecule has 2 rings (SSSR count). The van der Waals surface area contributed by atoms with Crippen LogP contribution >= 0.6 is 11.3 Å². The van der Waals surface area contributed by atoms with E-state index in [1.807, 2.05) is 29.6 Å². The van der Waals surface area contributed by atoms with Crippen molar-refractivity contribution in [2.75, 3.05) is 25.1 Å². The fourth-order valence-corrected chi connectivity index (χ4v) is 3.92. The van der Waals surface area contributed by atoms with Crippen LogP contribution in [-0.4, -0.2) is 48.4 Å². The fraction of sp³-hybridized carbons (Fsp3) is 0.522. The summed E-state index contributed by atoms with van der Waals surface area (Å²) in [5.74, 6) is -0.961. The number of ether oxygens (including phenoxy) is 1. The molecule has 0 fully saturated rings. The number of amides is 2. The van der Waals surface area contributed by atoms with E-state index in [9.17, 15) is 14.7 Å². The molecule has 0 bridgehead atoms. The number of nitrogens with one attached hydrogen (secondary N) is 1. The van der Waals surface area contributed by atoms with Crippen molar-refractivity contribution in [3.05, 3.63) is 35.2 Å². The van der Waals surface area contributed by atoms with Crippen molar-refractivity contribution in [2.45, 2.75) is 58.5 Å².